The number of carbonyl (C=O) groups excluding carboxylic acids is 2. The molecule has 0 radical (unpaired) electrons. The van der Waals surface area contributed by atoms with Gasteiger partial charge in [0, 0.05) is 13.0 Å². The maximum Gasteiger partial charge on any atom is 0.389 e. The van der Waals surface area contributed by atoms with Crippen LogP contribution in [0.15, 0.2) is 12.1 Å². The number of fused-ring (bicyclic) bond motifs is 1. The van der Waals surface area contributed by atoms with Crippen molar-refractivity contribution in [1.82, 2.24) is 0 Å². The van der Waals surface area contributed by atoms with E-state index in [2.05, 4.69) is 0 Å². The summed E-state index contributed by atoms with van der Waals surface area (Å²) in [6, 6.07) is 3.45. The summed E-state index contributed by atoms with van der Waals surface area (Å²) in [5, 5.41) is 0. The maximum absolute atomic E-state index is 12.2. The van der Waals surface area contributed by atoms with Crippen LogP contribution in [-0.2, 0) is 4.79 Å². The Morgan fingerprint density at radius 2 is 1.80 bits per heavy atom. The molecular formula is C14H14F3NO2. The molecule has 1 heterocycles. The van der Waals surface area contributed by atoms with Gasteiger partial charge in [-0.2, -0.15) is 13.2 Å². The zero-order chi connectivity index (χ0) is 15.1. The Labute approximate surface area is 114 Å². The minimum Gasteiger partial charge on any atom is -0.305 e. The van der Waals surface area contributed by atoms with E-state index in [-0.39, 0.29) is 13.0 Å². The number of benzene rings is 1. The van der Waals surface area contributed by atoms with Crippen molar-refractivity contribution in [3.05, 3.63) is 28.8 Å². The number of hydrogen-bond donors (Lipinski definition) is 0. The van der Waals surface area contributed by atoms with Crippen LogP contribution < -0.4 is 4.90 Å². The van der Waals surface area contributed by atoms with Crippen LogP contribution in [-0.4, -0.2) is 24.4 Å². The fourth-order valence-corrected chi connectivity index (χ4v) is 2.45. The van der Waals surface area contributed by atoms with Crippen LogP contribution in [0.1, 0.15) is 34.3 Å². The molecule has 1 amide bonds. The molecule has 108 valence electrons. The van der Waals surface area contributed by atoms with Crippen molar-refractivity contribution in [2.75, 3.05) is 11.4 Å². The molecule has 0 spiro atoms. The van der Waals surface area contributed by atoms with Crippen LogP contribution in [0.2, 0.25) is 0 Å². The van der Waals surface area contributed by atoms with Gasteiger partial charge in [-0.15, -0.1) is 0 Å². The van der Waals surface area contributed by atoms with Gasteiger partial charge in [0.05, 0.1) is 11.3 Å². The van der Waals surface area contributed by atoms with Crippen LogP contribution in [0.3, 0.4) is 0 Å². The topological polar surface area (TPSA) is 37.4 Å². The molecule has 0 saturated carbocycles. The van der Waals surface area contributed by atoms with Crippen molar-refractivity contribution in [1.29, 1.82) is 0 Å². The number of ketones is 1. The van der Waals surface area contributed by atoms with Gasteiger partial charge in [-0.05, 0) is 37.5 Å². The summed E-state index contributed by atoms with van der Waals surface area (Å²) in [5.74, 6) is -1.37. The number of nitrogens with zero attached hydrogens (tertiary/aromatic N) is 1. The first kappa shape index (κ1) is 14.6. The van der Waals surface area contributed by atoms with E-state index in [0.29, 0.717) is 16.8 Å². The minimum absolute atomic E-state index is 0.0972. The summed E-state index contributed by atoms with van der Waals surface area (Å²) >= 11 is 0. The fraction of sp³-hybridized carbons (Fsp3) is 0.429. The van der Waals surface area contributed by atoms with E-state index in [1.54, 1.807) is 19.1 Å². The number of aryl methyl sites for hydroxylation is 2. The highest BCUT2D eigenvalue weighted by Gasteiger charge is 2.37. The smallest absolute Gasteiger partial charge is 0.305 e. The van der Waals surface area contributed by atoms with E-state index < -0.39 is 24.3 Å². The molecule has 2 rings (SSSR count). The molecule has 6 heteroatoms. The van der Waals surface area contributed by atoms with Crippen molar-refractivity contribution < 1.29 is 22.8 Å². The largest absolute Gasteiger partial charge is 0.389 e. The fourth-order valence-electron chi connectivity index (χ4n) is 2.45. The van der Waals surface area contributed by atoms with Gasteiger partial charge in [-0.25, -0.2) is 0 Å². The van der Waals surface area contributed by atoms with Gasteiger partial charge in [0.1, 0.15) is 0 Å². The zero-order valence-corrected chi connectivity index (χ0v) is 11.2. The van der Waals surface area contributed by atoms with Gasteiger partial charge < -0.3 is 4.90 Å². The van der Waals surface area contributed by atoms with Crippen LogP contribution in [0.5, 0.6) is 0 Å². The molecule has 3 nitrogen and oxygen atoms in total. The average Bonchev–Trinajstić information content (AvgIpc) is 2.52. The lowest BCUT2D eigenvalue weighted by molar-refractivity contribution is -0.135. The van der Waals surface area contributed by atoms with Crippen molar-refractivity contribution in [3.63, 3.8) is 0 Å². The van der Waals surface area contributed by atoms with Crippen LogP contribution in [0.4, 0.5) is 18.9 Å². The van der Waals surface area contributed by atoms with Gasteiger partial charge in [0.15, 0.2) is 0 Å². The minimum atomic E-state index is -4.25. The van der Waals surface area contributed by atoms with Gasteiger partial charge in [0.25, 0.3) is 11.7 Å². The normalized spacial score (nSPS) is 14.9. The van der Waals surface area contributed by atoms with Crippen molar-refractivity contribution >= 4 is 17.4 Å². The highest BCUT2D eigenvalue weighted by molar-refractivity contribution is 6.52. The summed E-state index contributed by atoms with van der Waals surface area (Å²) in [4.78, 5) is 24.9. The monoisotopic (exact) mass is 285 g/mol. The third kappa shape index (κ3) is 2.69. The van der Waals surface area contributed by atoms with Crippen LogP contribution in [0, 0.1) is 13.8 Å². The standard InChI is InChI=1S/C14H14F3NO2/c1-8-6-9(2)11-10(7-8)18(13(20)12(11)19)5-3-4-14(15,16)17/h6-7H,3-5H2,1-2H3. The first-order valence-electron chi connectivity index (χ1n) is 6.25. The number of anilines is 1. The summed E-state index contributed by atoms with van der Waals surface area (Å²) in [6.45, 7) is 3.44. The van der Waals surface area contributed by atoms with E-state index >= 15 is 0 Å². The number of rotatable bonds is 3. The number of hydrogen-bond acceptors (Lipinski definition) is 2. The van der Waals surface area contributed by atoms with E-state index in [4.69, 9.17) is 0 Å². The number of amides is 1. The number of Topliss-reactive ketones (excluding diaryl/α,β-unsaturated/α-hetero) is 1. The Kier molecular flexibility index (Phi) is 3.58. The van der Waals surface area contributed by atoms with Gasteiger partial charge >= 0.3 is 6.18 Å². The predicted molar refractivity (Wildman–Crippen MR) is 67.9 cm³/mol. The van der Waals surface area contributed by atoms with Crippen molar-refractivity contribution in [3.8, 4) is 0 Å². The molecule has 1 aliphatic heterocycles. The second-order valence-corrected chi connectivity index (χ2v) is 4.98. The second-order valence-electron chi connectivity index (χ2n) is 4.98. The molecule has 0 N–H and O–H groups in total. The zero-order valence-electron chi connectivity index (χ0n) is 11.2. The first-order chi connectivity index (χ1) is 9.20. The van der Waals surface area contributed by atoms with Crippen molar-refractivity contribution in [2.24, 2.45) is 0 Å². The molecular weight excluding hydrogens is 271 g/mol. The molecule has 0 aromatic heterocycles. The average molecular weight is 285 g/mol. The maximum atomic E-state index is 12.2. The Morgan fingerprint density at radius 3 is 2.40 bits per heavy atom. The molecule has 0 aliphatic carbocycles. The molecule has 0 fully saturated rings. The Bertz CT molecular complexity index is 579. The summed E-state index contributed by atoms with van der Waals surface area (Å²) < 4.78 is 36.5. The molecule has 1 aliphatic rings. The highest BCUT2D eigenvalue weighted by atomic mass is 19.4. The predicted octanol–water partition coefficient (Wildman–Crippen LogP) is 3.18. The molecule has 1 aromatic carbocycles. The lowest BCUT2D eigenvalue weighted by atomic mass is 10.0. The van der Waals surface area contributed by atoms with E-state index in [9.17, 15) is 22.8 Å². The van der Waals surface area contributed by atoms with Gasteiger partial charge in [-0.3, -0.25) is 9.59 Å². The Hall–Kier alpha value is -1.85. The molecule has 1 aromatic rings. The van der Waals surface area contributed by atoms with E-state index in [1.165, 1.54) is 0 Å². The molecule has 20 heavy (non-hydrogen) atoms. The number of alkyl halides is 3. The number of carbonyl (C=O) groups is 2. The third-order valence-corrected chi connectivity index (χ3v) is 3.26. The molecule has 0 bridgehead atoms. The lowest BCUT2D eigenvalue weighted by Gasteiger charge is -2.17. The summed E-state index contributed by atoms with van der Waals surface area (Å²) in [7, 11) is 0. The number of halogens is 3. The third-order valence-electron chi connectivity index (χ3n) is 3.26. The molecule has 0 atom stereocenters. The van der Waals surface area contributed by atoms with Crippen LogP contribution >= 0.6 is 0 Å². The van der Waals surface area contributed by atoms with Gasteiger partial charge in [-0.1, -0.05) is 6.07 Å². The summed E-state index contributed by atoms with van der Waals surface area (Å²) in [6.07, 6.45) is -5.43. The van der Waals surface area contributed by atoms with Crippen molar-refractivity contribution in [2.45, 2.75) is 32.9 Å². The second kappa shape index (κ2) is 4.92. The molecule has 0 unspecified atom stereocenters. The Morgan fingerprint density at radius 1 is 1.15 bits per heavy atom. The van der Waals surface area contributed by atoms with Gasteiger partial charge in [0.2, 0.25) is 0 Å². The first-order valence-corrected chi connectivity index (χ1v) is 6.25. The van der Waals surface area contributed by atoms with Crippen LogP contribution in [0.25, 0.3) is 0 Å². The summed E-state index contributed by atoms with van der Waals surface area (Å²) in [5.41, 5.74) is 2.29. The van der Waals surface area contributed by atoms with E-state index in [0.717, 1.165) is 10.5 Å². The quantitative estimate of drug-likeness (QED) is 0.800. The lowest BCUT2D eigenvalue weighted by Crippen LogP contribution is -2.31. The Balaban J connectivity index is 2.25. The molecule has 0 saturated heterocycles. The van der Waals surface area contributed by atoms with E-state index in [1.807, 2.05) is 6.92 Å². The SMILES string of the molecule is Cc1cc(C)c2c(c1)N(CCCC(F)(F)F)C(=O)C2=O. The highest BCUT2D eigenvalue weighted by Crippen LogP contribution is 2.33.